The Morgan fingerprint density at radius 1 is 1.06 bits per heavy atom. The van der Waals surface area contributed by atoms with Crippen LogP contribution >= 0.6 is 22.9 Å². The van der Waals surface area contributed by atoms with E-state index in [9.17, 15) is 9.59 Å². The number of aromatic nitrogens is 4. The van der Waals surface area contributed by atoms with Gasteiger partial charge in [-0.1, -0.05) is 35.0 Å². The van der Waals surface area contributed by atoms with Crippen LogP contribution in [-0.2, 0) is 6.54 Å². The monoisotopic (exact) mass is 502 g/mol. The molecule has 0 atom stereocenters. The molecule has 2 aromatic carbocycles. The fourth-order valence-electron chi connectivity index (χ4n) is 3.64. The van der Waals surface area contributed by atoms with Crippen molar-refractivity contribution in [3.05, 3.63) is 110 Å². The van der Waals surface area contributed by atoms with Crippen LogP contribution in [0.2, 0.25) is 4.34 Å². The molecule has 0 spiro atoms. The number of benzene rings is 2. The average Bonchev–Trinajstić information content (AvgIpc) is 3.52. The molecule has 35 heavy (non-hydrogen) atoms. The van der Waals surface area contributed by atoms with Gasteiger partial charge in [-0.2, -0.15) is 0 Å². The summed E-state index contributed by atoms with van der Waals surface area (Å²) in [5.74, 6) is -0.227. The van der Waals surface area contributed by atoms with Crippen LogP contribution in [0.25, 0.3) is 22.5 Å². The number of anilines is 1. The molecule has 0 saturated heterocycles. The lowest BCUT2D eigenvalue weighted by molar-refractivity contribution is 0.0954. The van der Waals surface area contributed by atoms with Crippen LogP contribution < -0.4 is 16.6 Å². The van der Waals surface area contributed by atoms with Gasteiger partial charge in [0.05, 0.1) is 27.6 Å². The summed E-state index contributed by atoms with van der Waals surface area (Å²) < 4.78 is 3.76. The van der Waals surface area contributed by atoms with Crippen molar-refractivity contribution in [1.29, 1.82) is 0 Å². The van der Waals surface area contributed by atoms with E-state index in [0.717, 1.165) is 16.8 Å². The lowest BCUT2D eigenvalue weighted by Gasteiger charge is -2.13. The van der Waals surface area contributed by atoms with Gasteiger partial charge in [-0.3, -0.25) is 14.2 Å². The summed E-state index contributed by atoms with van der Waals surface area (Å²) in [7, 11) is 0. The molecule has 8 nitrogen and oxygen atoms in total. The molecule has 3 heterocycles. The molecule has 1 amide bonds. The molecule has 5 aromatic rings. The number of carbonyl (C=O) groups is 1. The van der Waals surface area contributed by atoms with Gasteiger partial charge >= 0.3 is 0 Å². The minimum absolute atomic E-state index is 0.135. The maximum absolute atomic E-state index is 12.4. The Hall–Kier alpha value is -4.21. The number of thiophene rings is 1. The van der Waals surface area contributed by atoms with Gasteiger partial charge in [0.15, 0.2) is 0 Å². The van der Waals surface area contributed by atoms with Crippen molar-refractivity contribution >= 4 is 34.5 Å². The summed E-state index contributed by atoms with van der Waals surface area (Å²) >= 11 is 7.12. The van der Waals surface area contributed by atoms with Gasteiger partial charge in [-0.15, -0.1) is 16.4 Å². The predicted octanol–water partition coefficient (Wildman–Crippen LogP) is 4.31. The molecule has 3 aromatic heterocycles. The number of nitrogens with zero attached hydrogens (tertiary/aromatic N) is 4. The molecule has 0 unspecified atom stereocenters. The van der Waals surface area contributed by atoms with Crippen molar-refractivity contribution < 1.29 is 4.79 Å². The first-order valence-electron chi connectivity index (χ1n) is 10.6. The van der Waals surface area contributed by atoms with Crippen molar-refractivity contribution in [2.45, 2.75) is 6.54 Å². The minimum atomic E-state index is -0.227. The van der Waals surface area contributed by atoms with Crippen molar-refractivity contribution in [2.24, 2.45) is 0 Å². The molecule has 0 saturated carbocycles. The topological polar surface area (TPSA) is 108 Å². The van der Waals surface area contributed by atoms with Crippen molar-refractivity contribution in [3.8, 4) is 22.5 Å². The van der Waals surface area contributed by atoms with E-state index in [1.54, 1.807) is 45.9 Å². The van der Waals surface area contributed by atoms with Gasteiger partial charge < -0.3 is 11.1 Å². The quantitative estimate of drug-likeness (QED) is 0.336. The Labute approximate surface area is 209 Å². The second-order valence-corrected chi connectivity index (χ2v) is 9.39. The zero-order chi connectivity index (χ0) is 24.4. The summed E-state index contributed by atoms with van der Waals surface area (Å²) in [6.45, 7) is 0.208. The normalized spacial score (nSPS) is 10.9. The summed E-state index contributed by atoms with van der Waals surface area (Å²) in [5.41, 5.74) is 10.3. The average molecular weight is 503 g/mol. The number of hydrogen-bond acceptors (Lipinski definition) is 6. The van der Waals surface area contributed by atoms with E-state index < -0.39 is 0 Å². The lowest BCUT2D eigenvalue weighted by Crippen LogP contribution is -2.21. The molecule has 0 aliphatic carbocycles. The molecule has 0 fully saturated rings. The van der Waals surface area contributed by atoms with E-state index in [1.165, 1.54) is 17.4 Å². The number of nitrogen functional groups attached to an aromatic ring is 1. The third-order valence-corrected chi connectivity index (χ3v) is 6.52. The number of pyridine rings is 1. The van der Waals surface area contributed by atoms with Gasteiger partial charge in [0, 0.05) is 29.2 Å². The van der Waals surface area contributed by atoms with Crippen molar-refractivity contribution in [2.75, 3.05) is 5.73 Å². The number of nitrogens with one attached hydrogen (secondary N) is 1. The molecule has 0 radical (unpaired) electrons. The second-order valence-electron chi connectivity index (χ2n) is 7.68. The molecule has 0 aliphatic heterocycles. The molecule has 5 rings (SSSR count). The number of rotatable bonds is 6. The number of carbonyl (C=O) groups excluding carboxylic acids is 1. The fourth-order valence-corrected chi connectivity index (χ4v) is 4.60. The highest BCUT2D eigenvalue weighted by molar-refractivity contribution is 7.17. The van der Waals surface area contributed by atoms with E-state index in [4.69, 9.17) is 17.3 Å². The molecule has 10 heteroatoms. The Balaban J connectivity index is 1.48. The van der Waals surface area contributed by atoms with E-state index in [-0.39, 0.29) is 18.0 Å². The lowest BCUT2D eigenvalue weighted by atomic mass is 10.0. The highest BCUT2D eigenvalue weighted by Crippen LogP contribution is 2.30. The van der Waals surface area contributed by atoms with Gasteiger partial charge in [-0.05, 0) is 54.1 Å². The van der Waals surface area contributed by atoms with Crippen LogP contribution in [0.5, 0.6) is 0 Å². The third-order valence-electron chi connectivity index (χ3n) is 5.29. The second kappa shape index (κ2) is 9.57. The van der Waals surface area contributed by atoms with Crippen LogP contribution in [0, 0.1) is 0 Å². The van der Waals surface area contributed by atoms with Gasteiger partial charge in [0.25, 0.3) is 11.5 Å². The van der Waals surface area contributed by atoms with E-state index in [2.05, 4.69) is 15.6 Å². The van der Waals surface area contributed by atoms with Crippen LogP contribution in [0.15, 0.2) is 90.0 Å². The number of nitrogens with two attached hydrogens (primary N) is 1. The number of halogens is 1. The first kappa shape index (κ1) is 22.6. The van der Waals surface area contributed by atoms with E-state index >= 15 is 0 Å². The molecule has 0 bridgehead atoms. The van der Waals surface area contributed by atoms with Crippen LogP contribution in [0.3, 0.4) is 0 Å². The van der Waals surface area contributed by atoms with Gasteiger partial charge in [0.2, 0.25) is 0 Å². The maximum Gasteiger partial charge on any atom is 0.261 e. The number of amides is 1. The molecular weight excluding hydrogens is 484 g/mol. The van der Waals surface area contributed by atoms with Crippen LogP contribution in [0.1, 0.15) is 15.4 Å². The Morgan fingerprint density at radius 2 is 1.94 bits per heavy atom. The largest absolute Gasteiger partial charge is 0.399 e. The minimum Gasteiger partial charge on any atom is -0.399 e. The first-order chi connectivity index (χ1) is 17.0. The Morgan fingerprint density at radius 3 is 2.71 bits per heavy atom. The van der Waals surface area contributed by atoms with Crippen LogP contribution in [-0.4, -0.2) is 25.5 Å². The van der Waals surface area contributed by atoms with Crippen molar-refractivity contribution in [1.82, 2.24) is 24.9 Å². The first-order valence-corrected chi connectivity index (χ1v) is 11.8. The summed E-state index contributed by atoms with van der Waals surface area (Å²) in [6, 6.07) is 21.5. The molecule has 0 aliphatic rings. The number of hydrogen-bond donors (Lipinski definition) is 2. The zero-order valence-corrected chi connectivity index (χ0v) is 19.8. The van der Waals surface area contributed by atoms with Crippen LogP contribution in [0.4, 0.5) is 5.69 Å². The maximum atomic E-state index is 12.4. The summed E-state index contributed by atoms with van der Waals surface area (Å²) in [5, 5.41) is 11.3. The van der Waals surface area contributed by atoms with Gasteiger partial charge in [0.1, 0.15) is 5.69 Å². The smallest absolute Gasteiger partial charge is 0.261 e. The summed E-state index contributed by atoms with van der Waals surface area (Å²) in [4.78, 5) is 25.2. The predicted molar refractivity (Wildman–Crippen MR) is 137 cm³/mol. The van der Waals surface area contributed by atoms with Gasteiger partial charge in [-0.25, -0.2) is 4.68 Å². The van der Waals surface area contributed by atoms with Crippen molar-refractivity contribution in [3.63, 3.8) is 0 Å². The molecular formula is C25H19ClN6O2S. The SMILES string of the molecule is Nc1cccc(-c2cc(-n3ccccc3=O)ccc2-n2cc(CNC(=O)c3ccc(Cl)s3)nn2)c1. The van der Waals surface area contributed by atoms with E-state index in [0.29, 0.717) is 26.3 Å². The highest BCUT2D eigenvalue weighted by atomic mass is 35.5. The fraction of sp³-hybridized carbons (Fsp3) is 0.0400. The summed E-state index contributed by atoms with van der Waals surface area (Å²) in [6.07, 6.45) is 3.47. The Bertz CT molecular complexity index is 1590. The highest BCUT2D eigenvalue weighted by Gasteiger charge is 2.14. The zero-order valence-electron chi connectivity index (χ0n) is 18.3. The standard InChI is InChI=1S/C25H19ClN6O2S/c26-23-10-9-22(35-23)25(34)28-14-18-15-32(30-29-18)21-8-7-19(31-11-2-1-6-24(31)33)13-20(21)16-4-3-5-17(27)12-16/h1-13,15H,14,27H2,(H,28,34). The Kier molecular flexibility index (Phi) is 6.17. The molecule has 174 valence electrons. The van der Waals surface area contributed by atoms with E-state index in [1.807, 2.05) is 42.5 Å². The molecule has 3 N–H and O–H groups in total. The third kappa shape index (κ3) is 4.86.